The predicted octanol–water partition coefficient (Wildman–Crippen LogP) is 5.16. The van der Waals surface area contributed by atoms with Crippen LogP contribution in [0.2, 0.25) is 5.02 Å². The van der Waals surface area contributed by atoms with Gasteiger partial charge in [0.2, 0.25) is 0 Å². The van der Waals surface area contributed by atoms with E-state index in [9.17, 15) is 4.79 Å². The molecule has 0 radical (unpaired) electrons. The van der Waals surface area contributed by atoms with Crippen molar-refractivity contribution in [3.05, 3.63) is 88.8 Å². The third kappa shape index (κ3) is 3.45. The van der Waals surface area contributed by atoms with E-state index in [-0.39, 0.29) is 5.91 Å². The van der Waals surface area contributed by atoms with Crippen LogP contribution in [0.25, 0.3) is 10.9 Å². The van der Waals surface area contributed by atoms with Gasteiger partial charge in [-0.15, -0.1) is 0 Å². The Labute approximate surface area is 173 Å². The molecule has 0 saturated heterocycles. The average molecular weight is 403 g/mol. The highest BCUT2D eigenvalue weighted by atomic mass is 35.5. The van der Waals surface area contributed by atoms with Crippen molar-refractivity contribution in [3.63, 3.8) is 0 Å². The zero-order valence-corrected chi connectivity index (χ0v) is 16.4. The van der Waals surface area contributed by atoms with Crippen molar-refractivity contribution in [2.75, 3.05) is 11.9 Å². The van der Waals surface area contributed by atoms with Crippen LogP contribution in [-0.4, -0.2) is 27.3 Å². The van der Waals surface area contributed by atoms with Gasteiger partial charge in [-0.25, -0.2) is 0 Å². The molecular formula is C23H19ClN4O. The molecule has 2 aromatic carbocycles. The molecule has 0 aliphatic carbocycles. The number of benzene rings is 2. The van der Waals surface area contributed by atoms with Gasteiger partial charge in [0.25, 0.3) is 5.91 Å². The van der Waals surface area contributed by atoms with Crippen molar-refractivity contribution in [1.82, 2.24) is 14.9 Å². The Balaban J connectivity index is 1.44. The summed E-state index contributed by atoms with van der Waals surface area (Å²) in [5, 5.41) is 5.27. The Kier molecular flexibility index (Phi) is 4.45. The molecule has 144 valence electrons. The third-order valence-electron chi connectivity index (χ3n) is 5.30. The number of aromatic amines is 1. The standard InChI is InChI=1S/C23H19ClN4O/c24-16-3-5-17(6-4-16)26-18-7-8-21-19(12-18)20-14-28(11-9-22(20)27-21)23(29)15-2-1-10-25-13-15/h1-8,10,12-13,26-27H,9,11,14H2. The lowest BCUT2D eigenvalue weighted by molar-refractivity contribution is 0.0734. The van der Waals surface area contributed by atoms with E-state index in [1.54, 1.807) is 18.5 Å². The first-order valence-corrected chi connectivity index (χ1v) is 9.90. The second-order valence-electron chi connectivity index (χ2n) is 7.19. The van der Waals surface area contributed by atoms with Crippen LogP contribution in [0.5, 0.6) is 0 Å². The van der Waals surface area contributed by atoms with Gasteiger partial charge in [-0.2, -0.15) is 0 Å². The molecule has 29 heavy (non-hydrogen) atoms. The number of H-pyrrole nitrogens is 1. The molecule has 0 atom stereocenters. The van der Waals surface area contributed by atoms with E-state index in [0.717, 1.165) is 28.7 Å². The molecule has 5 rings (SSSR count). The van der Waals surface area contributed by atoms with E-state index >= 15 is 0 Å². The minimum atomic E-state index is 0.0218. The van der Waals surface area contributed by atoms with Gasteiger partial charge in [0.1, 0.15) is 0 Å². The molecule has 1 aliphatic heterocycles. The van der Waals surface area contributed by atoms with Crippen molar-refractivity contribution >= 4 is 39.8 Å². The quantitative estimate of drug-likeness (QED) is 0.497. The van der Waals surface area contributed by atoms with Gasteiger partial charge in [-0.05, 0) is 54.6 Å². The Bertz CT molecular complexity index is 1180. The van der Waals surface area contributed by atoms with Crippen LogP contribution in [0.15, 0.2) is 67.0 Å². The van der Waals surface area contributed by atoms with Gasteiger partial charge in [0.05, 0.1) is 5.56 Å². The van der Waals surface area contributed by atoms with Crippen LogP contribution >= 0.6 is 11.6 Å². The molecule has 0 unspecified atom stereocenters. The fraction of sp³-hybridized carbons (Fsp3) is 0.130. The Morgan fingerprint density at radius 2 is 1.93 bits per heavy atom. The minimum Gasteiger partial charge on any atom is -0.358 e. The number of rotatable bonds is 3. The van der Waals surface area contributed by atoms with Crippen LogP contribution in [0, 0.1) is 0 Å². The lowest BCUT2D eigenvalue weighted by Gasteiger charge is -2.27. The Hall–Kier alpha value is -3.31. The van der Waals surface area contributed by atoms with Gasteiger partial charge in [-0.1, -0.05) is 11.6 Å². The summed E-state index contributed by atoms with van der Waals surface area (Å²) in [6, 6.07) is 17.5. The third-order valence-corrected chi connectivity index (χ3v) is 5.56. The van der Waals surface area contributed by atoms with Gasteiger partial charge < -0.3 is 15.2 Å². The van der Waals surface area contributed by atoms with E-state index in [1.807, 2.05) is 35.2 Å². The minimum absolute atomic E-state index is 0.0218. The lowest BCUT2D eigenvalue weighted by Crippen LogP contribution is -2.35. The average Bonchev–Trinajstić information content (AvgIpc) is 3.13. The van der Waals surface area contributed by atoms with Crippen molar-refractivity contribution in [1.29, 1.82) is 0 Å². The van der Waals surface area contributed by atoms with E-state index in [4.69, 9.17) is 11.6 Å². The van der Waals surface area contributed by atoms with Crippen LogP contribution in [-0.2, 0) is 13.0 Å². The Morgan fingerprint density at radius 3 is 2.72 bits per heavy atom. The zero-order chi connectivity index (χ0) is 19.8. The van der Waals surface area contributed by atoms with E-state index in [0.29, 0.717) is 23.7 Å². The van der Waals surface area contributed by atoms with Crippen LogP contribution < -0.4 is 5.32 Å². The predicted molar refractivity (Wildman–Crippen MR) is 116 cm³/mol. The number of carbonyl (C=O) groups excluding carboxylic acids is 1. The van der Waals surface area contributed by atoms with Crippen molar-refractivity contribution < 1.29 is 4.79 Å². The molecule has 1 amide bonds. The first-order valence-electron chi connectivity index (χ1n) is 9.53. The molecule has 2 aromatic heterocycles. The number of fused-ring (bicyclic) bond motifs is 3. The molecule has 2 N–H and O–H groups in total. The molecule has 5 nitrogen and oxygen atoms in total. The summed E-state index contributed by atoms with van der Waals surface area (Å²) < 4.78 is 0. The number of nitrogens with zero attached hydrogens (tertiary/aromatic N) is 2. The van der Waals surface area contributed by atoms with Crippen LogP contribution in [0.1, 0.15) is 21.6 Å². The first-order chi connectivity index (χ1) is 14.2. The van der Waals surface area contributed by atoms with E-state index in [2.05, 4.69) is 33.5 Å². The maximum atomic E-state index is 12.9. The maximum absolute atomic E-state index is 12.9. The number of pyridine rings is 1. The fourth-order valence-corrected chi connectivity index (χ4v) is 3.96. The number of hydrogen-bond donors (Lipinski definition) is 2. The molecule has 3 heterocycles. The molecule has 4 aromatic rings. The number of aromatic nitrogens is 2. The molecule has 0 fully saturated rings. The molecule has 0 spiro atoms. The summed E-state index contributed by atoms with van der Waals surface area (Å²) >= 11 is 5.97. The number of amides is 1. The summed E-state index contributed by atoms with van der Waals surface area (Å²) in [5.41, 5.74) is 6.08. The first kappa shape index (κ1) is 17.8. The maximum Gasteiger partial charge on any atom is 0.255 e. The Morgan fingerprint density at radius 1 is 1.10 bits per heavy atom. The zero-order valence-electron chi connectivity index (χ0n) is 15.7. The summed E-state index contributed by atoms with van der Waals surface area (Å²) in [4.78, 5) is 22.3. The number of nitrogens with one attached hydrogen (secondary N) is 2. The summed E-state index contributed by atoms with van der Waals surface area (Å²) in [7, 11) is 0. The smallest absolute Gasteiger partial charge is 0.255 e. The van der Waals surface area contributed by atoms with Crippen LogP contribution in [0.3, 0.4) is 0 Å². The fourth-order valence-electron chi connectivity index (χ4n) is 3.84. The molecule has 1 aliphatic rings. The molecule has 0 bridgehead atoms. The lowest BCUT2D eigenvalue weighted by atomic mass is 10.0. The highest BCUT2D eigenvalue weighted by Crippen LogP contribution is 2.31. The van der Waals surface area contributed by atoms with Crippen LogP contribution in [0.4, 0.5) is 11.4 Å². The SMILES string of the molecule is O=C(c1cccnc1)N1CCc2[nH]c3ccc(Nc4ccc(Cl)cc4)cc3c2C1. The number of anilines is 2. The monoisotopic (exact) mass is 402 g/mol. The second-order valence-corrected chi connectivity index (χ2v) is 7.63. The second kappa shape index (κ2) is 7.26. The van der Waals surface area contributed by atoms with Crippen molar-refractivity contribution in [3.8, 4) is 0 Å². The topological polar surface area (TPSA) is 61.0 Å². The summed E-state index contributed by atoms with van der Waals surface area (Å²) in [6.45, 7) is 1.29. The van der Waals surface area contributed by atoms with Gasteiger partial charge >= 0.3 is 0 Å². The van der Waals surface area contributed by atoms with Gasteiger partial charge in [0, 0.05) is 70.5 Å². The van der Waals surface area contributed by atoms with E-state index in [1.165, 1.54) is 11.3 Å². The number of halogens is 1. The van der Waals surface area contributed by atoms with Crippen molar-refractivity contribution in [2.24, 2.45) is 0 Å². The normalized spacial score (nSPS) is 13.3. The molecular weight excluding hydrogens is 384 g/mol. The number of carbonyl (C=O) groups is 1. The molecule has 6 heteroatoms. The largest absolute Gasteiger partial charge is 0.358 e. The van der Waals surface area contributed by atoms with E-state index < -0.39 is 0 Å². The highest BCUT2D eigenvalue weighted by Gasteiger charge is 2.25. The van der Waals surface area contributed by atoms with Gasteiger partial charge in [0.15, 0.2) is 0 Å². The summed E-state index contributed by atoms with van der Waals surface area (Å²) in [5.74, 6) is 0.0218. The van der Waals surface area contributed by atoms with Crippen molar-refractivity contribution in [2.45, 2.75) is 13.0 Å². The summed E-state index contributed by atoms with van der Waals surface area (Å²) in [6.07, 6.45) is 4.12. The highest BCUT2D eigenvalue weighted by molar-refractivity contribution is 6.30. The van der Waals surface area contributed by atoms with Gasteiger partial charge in [-0.3, -0.25) is 9.78 Å². The number of hydrogen-bond acceptors (Lipinski definition) is 3. The molecule has 0 saturated carbocycles.